The molecule has 0 spiro atoms. The zero-order valence-electron chi connectivity index (χ0n) is 19.1. The van der Waals surface area contributed by atoms with E-state index < -0.39 is 8.32 Å². The molecule has 0 aliphatic carbocycles. The highest BCUT2D eigenvalue weighted by Gasteiger charge is 2.41. The lowest BCUT2D eigenvalue weighted by Crippen LogP contribution is -2.42. The van der Waals surface area contributed by atoms with E-state index in [-0.39, 0.29) is 29.6 Å². The average molecular weight is 448 g/mol. The van der Waals surface area contributed by atoms with Crippen LogP contribution in [0.25, 0.3) is 5.70 Å². The number of urea groups is 1. The highest BCUT2D eigenvalue weighted by atomic mass is 28.4. The number of rotatable bonds is 9. The van der Waals surface area contributed by atoms with Crippen molar-refractivity contribution in [3.8, 4) is 0 Å². The summed E-state index contributed by atoms with van der Waals surface area (Å²) in [5.41, 5.74) is 1.15. The van der Waals surface area contributed by atoms with Crippen molar-refractivity contribution in [1.29, 1.82) is 0 Å². The number of fused-ring (bicyclic) bond motifs is 2. The number of carbonyl (C=O) groups excluding carboxylic acids is 2. The maximum absolute atomic E-state index is 12.5. The molecule has 3 heterocycles. The fourth-order valence-corrected chi connectivity index (χ4v) is 4.24. The SMILES string of the molecule is C=CCON1C(=O)N2CC(n3ccc(C(=O)NCCO[Si](C)(C)C(C)(C)C)n3)=CC1C2. The van der Waals surface area contributed by atoms with Crippen molar-refractivity contribution < 1.29 is 18.9 Å². The number of aromatic nitrogens is 2. The van der Waals surface area contributed by atoms with Crippen molar-refractivity contribution in [3.63, 3.8) is 0 Å². The van der Waals surface area contributed by atoms with Crippen LogP contribution in [0.15, 0.2) is 31.0 Å². The summed E-state index contributed by atoms with van der Waals surface area (Å²) in [5, 5.41) is 8.77. The van der Waals surface area contributed by atoms with Crippen molar-refractivity contribution in [2.24, 2.45) is 0 Å². The molecule has 2 bridgehead atoms. The minimum atomic E-state index is -1.83. The predicted molar refractivity (Wildman–Crippen MR) is 121 cm³/mol. The smallest absolute Gasteiger partial charge is 0.345 e. The molecule has 2 aliphatic heterocycles. The van der Waals surface area contributed by atoms with Crippen LogP contribution in [0.5, 0.6) is 0 Å². The molecule has 1 fully saturated rings. The standard InChI is InChI=1S/C21H33N5O4Si/c1-7-11-29-26-17-13-16(14-24(15-17)20(26)28)25-10-8-18(23-25)19(27)22-9-12-30-31(5,6)21(2,3)4/h7-8,10,13,17H,1,9,11-12,14-15H2,2-6H3,(H,22,27). The molecule has 1 saturated heterocycles. The van der Waals surface area contributed by atoms with E-state index in [9.17, 15) is 9.59 Å². The molecule has 3 rings (SSSR count). The van der Waals surface area contributed by atoms with Crippen LogP contribution >= 0.6 is 0 Å². The maximum Gasteiger partial charge on any atom is 0.345 e. The van der Waals surface area contributed by atoms with Gasteiger partial charge in [-0.2, -0.15) is 10.2 Å². The molecule has 31 heavy (non-hydrogen) atoms. The van der Waals surface area contributed by atoms with Crippen LogP contribution < -0.4 is 5.32 Å². The molecule has 0 saturated carbocycles. The molecule has 170 valence electrons. The summed E-state index contributed by atoms with van der Waals surface area (Å²) >= 11 is 0. The molecule has 3 amide bonds. The molecule has 1 aromatic heterocycles. The number of hydrogen-bond acceptors (Lipinski definition) is 5. The summed E-state index contributed by atoms with van der Waals surface area (Å²) in [6.45, 7) is 16.7. The van der Waals surface area contributed by atoms with Gasteiger partial charge in [0.1, 0.15) is 0 Å². The van der Waals surface area contributed by atoms with Crippen LogP contribution in [0.3, 0.4) is 0 Å². The topological polar surface area (TPSA) is 88.9 Å². The van der Waals surface area contributed by atoms with E-state index >= 15 is 0 Å². The largest absolute Gasteiger partial charge is 0.415 e. The minimum absolute atomic E-state index is 0.132. The number of carbonyl (C=O) groups is 2. The molecular weight excluding hydrogens is 414 g/mol. The Bertz CT molecular complexity index is 873. The van der Waals surface area contributed by atoms with Gasteiger partial charge in [0.2, 0.25) is 0 Å². The van der Waals surface area contributed by atoms with Crippen LogP contribution in [0.4, 0.5) is 4.79 Å². The summed E-state index contributed by atoms with van der Waals surface area (Å²) in [4.78, 5) is 32.1. The maximum atomic E-state index is 12.5. The van der Waals surface area contributed by atoms with Gasteiger partial charge in [-0.1, -0.05) is 26.8 Å². The van der Waals surface area contributed by atoms with E-state index in [1.165, 1.54) is 5.06 Å². The van der Waals surface area contributed by atoms with Crippen LogP contribution in [0.1, 0.15) is 31.3 Å². The Labute approximate surface area is 184 Å². The van der Waals surface area contributed by atoms with Gasteiger partial charge in [-0.15, -0.1) is 6.58 Å². The van der Waals surface area contributed by atoms with Crippen molar-refractivity contribution in [1.82, 2.24) is 25.1 Å². The van der Waals surface area contributed by atoms with Gasteiger partial charge in [0.15, 0.2) is 14.0 Å². The van der Waals surface area contributed by atoms with Gasteiger partial charge in [0.25, 0.3) is 5.91 Å². The molecule has 1 atom stereocenters. The summed E-state index contributed by atoms with van der Waals surface area (Å²) in [7, 11) is -1.83. The Hall–Kier alpha value is -2.43. The highest BCUT2D eigenvalue weighted by molar-refractivity contribution is 6.74. The Balaban J connectivity index is 1.56. The summed E-state index contributed by atoms with van der Waals surface area (Å²) in [6, 6.07) is 1.31. The predicted octanol–water partition coefficient (Wildman–Crippen LogP) is 2.71. The fraction of sp³-hybridized carbons (Fsp3) is 0.571. The molecule has 1 aromatic rings. The van der Waals surface area contributed by atoms with Crippen molar-refractivity contribution in [2.75, 3.05) is 32.8 Å². The van der Waals surface area contributed by atoms with Gasteiger partial charge in [0.05, 0.1) is 31.5 Å². The summed E-state index contributed by atoms with van der Waals surface area (Å²) in [6.07, 6.45) is 5.29. The Morgan fingerprint density at radius 3 is 2.84 bits per heavy atom. The Kier molecular flexibility index (Phi) is 6.72. The van der Waals surface area contributed by atoms with Gasteiger partial charge < -0.3 is 14.6 Å². The lowest BCUT2D eigenvalue weighted by Gasteiger charge is -2.36. The Morgan fingerprint density at radius 2 is 2.16 bits per heavy atom. The lowest BCUT2D eigenvalue weighted by atomic mass is 10.2. The van der Waals surface area contributed by atoms with Gasteiger partial charge in [-0.05, 0) is 30.3 Å². The molecular formula is C21H33N5O4Si. The van der Waals surface area contributed by atoms with E-state index in [2.05, 4.69) is 50.9 Å². The first-order chi connectivity index (χ1) is 14.5. The van der Waals surface area contributed by atoms with Gasteiger partial charge in [0, 0.05) is 19.3 Å². The lowest BCUT2D eigenvalue weighted by molar-refractivity contribution is -0.107. The van der Waals surface area contributed by atoms with E-state index in [1.54, 1.807) is 27.9 Å². The first kappa shape index (κ1) is 23.2. The number of nitrogens with one attached hydrogen (secondary N) is 1. The minimum Gasteiger partial charge on any atom is -0.415 e. The van der Waals surface area contributed by atoms with Gasteiger partial charge in [-0.3, -0.25) is 9.63 Å². The van der Waals surface area contributed by atoms with Crippen LogP contribution in [0, 0.1) is 0 Å². The van der Waals surface area contributed by atoms with Crippen molar-refractivity contribution in [3.05, 3.63) is 36.7 Å². The van der Waals surface area contributed by atoms with E-state index in [0.717, 1.165) is 5.70 Å². The van der Waals surface area contributed by atoms with Gasteiger partial charge >= 0.3 is 6.03 Å². The molecule has 9 nitrogen and oxygen atoms in total. The third-order valence-corrected chi connectivity index (χ3v) is 10.5. The zero-order valence-corrected chi connectivity index (χ0v) is 20.1. The monoisotopic (exact) mass is 447 g/mol. The van der Waals surface area contributed by atoms with Crippen molar-refractivity contribution in [2.45, 2.75) is 44.9 Å². The number of amides is 3. The fourth-order valence-electron chi connectivity index (χ4n) is 3.20. The van der Waals surface area contributed by atoms with Crippen LogP contribution in [-0.2, 0) is 9.26 Å². The molecule has 2 aliphatic rings. The molecule has 10 heteroatoms. The second kappa shape index (κ2) is 8.97. The quantitative estimate of drug-likeness (QED) is 0.357. The summed E-state index contributed by atoms with van der Waals surface area (Å²) < 4.78 is 7.73. The van der Waals surface area contributed by atoms with Crippen LogP contribution in [0.2, 0.25) is 18.1 Å². The second-order valence-corrected chi connectivity index (χ2v) is 14.1. The number of nitrogens with zero attached hydrogens (tertiary/aromatic N) is 4. The first-order valence-corrected chi connectivity index (χ1v) is 13.4. The third kappa shape index (κ3) is 5.08. The molecule has 1 N–H and O–H groups in total. The Morgan fingerprint density at radius 1 is 1.42 bits per heavy atom. The zero-order chi connectivity index (χ0) is 22.8. The van der Waals surface area contributed by atoms with E-state index in [4.69, 9.17) is 9.26 Å². The molecule has 1 unspecified atom stereocenters. The summed E-state index contributed by atoms with van der Waals surface area (Å²) in [5.74, 6) is -0.246. The molecule has 0 aromatic carbocycles. The van der Waals surface area contributed by atoms with Crippen LogP contribution in [-0.4, -0.2) is 78.9 Å². The highest BCUT2D eigenvalue weighted by Crippen LogP contribution is 2.36. The number of hydrogen-bond donors (Lipinski definition) is 1. The average Bonchev–Trinajstić information content (AvgIpc) is 3.27. The first-order valence-electron chi connectivity index (χ1n) is 10.5. The normalized spacial score (nSPS) is 18.9. The van der Waals surface area contributed by atoms with Crippen molar-refractivity contribution >= 4 is 26.0 Å². The second-order valence-electron chi connectivity index (χ2n) is 9.31. The third-order valence-electron chi connectivity index (χ3n) is 6.01. The van der Waals surface area contributed by atoms with E-state index in [0.29, 0.717) is 31.9 Å². The van der Waals surface area contributed by atoms with E-state index in [1.807, 2.05) is 6.08 Å². The molecule has 0 radical (unpaired) electrons. The number of hydroxylamine groups is 2. The van der Waals surface area contributed by atoms with Gasteiger partial charge in [-0.25, -0.2) is 9.48 Å².